The van der Waals surface area contributed by atoms with E-state index < -0.39 is 0 Å². The molecule has 0 saturated heterocycles. The molecule has 23 heavy (non-hydrogen) atoms. The molecule has 0 fully saturated rings. The van der Waals surface area contributed by atoms with Gasteiger partial charge in [0.15, 0.2) is 6.61 Å². The van der Waals surface area contributed by atoms with Gasteiger partial charge in [-0.3, -0.25) is 9.59 Å². The van der Waals surface area contributed by atoms with Gasteiger partial charge < -0.3 is 15.4 Å². The van der Waals surface area contributed by atoms with Crippen LogP contribution >= 0.6 is 0 Å². The molecule has 0 aliphatic carbocycles. The Morgan fingerprint density at radius 2 is 2.00 bits per heavy atom. The zero-order valence-electron chi connectivity index (χ0n) is 12.3. The van der Waals surface area contributed by atoms with Crippen LogP contribution < -0.4 is 15.4 Å². The standard InChI is InChI=1S/C17H15FN2O3/c18-12-3-5-13(6-4-12)19-16(21)8-2-11-1-7-15-14(9-11)20-17(22)10-23-15/h1,3-7,9H,2,8,10H2,(H,19,21)(H,20,22). The van der Waals surface area contributed by atoms with E-state index in [4.69, 9.17) is 4.74 Å². The summed E-state index contributed by atoms with van der Waals surface area (Å²) < 4.78 is 18.1. The number of carbonyl (C=O) groups excluding carboxylic acids is 2. The monoisotopic (exact) mass is 314 g/mol. The summed E-state index contributed by atoms with van der Waals surface area (Å²) in [5.41, 5.74) is 2.10. The Bertz CT molecular complexity index is 744. The van der Waals surface area contributed by atoms with E-state index in [0.717, 1.165) is 5.56 Å². The van der Waals surface area contributed by atoms with Gasteiger partial charge in [-0.25, -0.2) is 4.39 Å². The second kappa shape index (κ2) is 6.48. The fourth-order valence-corrected chi connectivity index (χ4v) is 2.30. The van der Waals surface area contributed by atoms with E-state index in [9.17, 15) is 14.0 Å². The molecule has 1 heterocycles. The third kappa shape index (κ3) is 3.85. The molecule has 0 radical (unpaired) electrons. The molecule has 1 aliphatic heterocycles. The maximum atomic E-state index is 12.8. The fraction of sp³-hybridized carbons (Fsp3) is 0.176. The smallest absolute Gasteiger partial charge is 0.262 e. The number of halogens is 1. The Kier molecular flexibility index (Phi) is 4.23. The fourth-order valence-electron chi connectivity index (χ4n) is 2.30. The summed E-state index contributed by atoms with van der Waals surface area (Å²) in [5, 5.41) is 5.44. The quantitative estimate of drug-likeness (QED) is 0.912. The lowest BCUT2D eigenvalue weighted by Crippen LogP contribution is -2.25. The number of fused-ring (bicyclic) bond motifs is 1. The SMILES string of the molecule is O=C(CCc1ccc2c(c1)NC(=O)CO2)Nc1ccc(F)cc1. The average Bonchev–Trinajstić information content (AvgIpc) is 2.54. The molecule has 6 heteroatoms. The van der Waals surface area contributed by atoms with E-state index in [1.165, 1.54) is 24.3 Å². The van der Waals surface area contributed by atoms with Gasteiger partial charge in [-0.05, 0) is 48.4 Å². The molecule has 2 aromatic rings. The van der Waals surface area contributed by atoms with Gasteiger partial charge in [-0.1, -0.05) is 6.07 Å². The molecule has 0 spiro atoms. The van der Waals surface area contributed by atoms with Crippen molar-refractivity contribution in [1.82, 2.24) is 0 Å². The van der Waals surface area contributed by atoms with Gasteiger partial charge in [0, 0.05) is 12.1 Å². The first-order valence-corrected chi connectivity index (χ1v) is 7.21. The lowest BCUT2D eigenvalue weighted by Gasteiger charge is -2.18. The van der Waals surface area contributed by atoms with Crippen molar-refractivity contribution in [1.29, 1.82) is 0 Å². The number of ether oxygens (including phenoxy) is 1. The van der Waals surface area contributed by atoms with E-state index in [0.29, 0.717) is 23.5 Å². The normalized spacial score (nSPS) is 12.8. The minimum Gasteiger partial charge on any atom is -0.482 e. The van der Waals surface area contributed by atoms with E-state index in [2.05, 4.69) is 10.6 Å². The van der Waals surface area contributed by atoms with E-state index in [-0.39, 0.29) is 30.7 Å². The highest BCUT2D eigenvalue weighted by atomic mass is 19.1. The van der Waals surface area contributed by atoms with Crippen LogP contribution in [0, 0.1) is 5.82 Å². The largest absolute Gasteiger partial charge is 0.482 e. The molecule has 0 saturated carbocycles. The number of carbonyl (C=O) groups is 2. The van der Waals surface area contributed by atoms with Gasteiger partial charge in [-0.2, -0.15) is 0 Å². The summed E-state index contributed by atoms with van der Waals surface area (Å²) in [6, 6.07) is 11.1. The van der Waals surface area contributed by atoms with Crippen LogP contribution in [0.1, 0.15) is 12.0 Å². The van der Waals surface area contributed by atoms with Crippen molar-refractivity contribution < 1.29 is 18.7 Å². The van der Waals surface area contributed by atoms with Crippen molar-refractivity contribution >= 4 is 23.2 Å². The summed E-state index contributed by atoms with van der Waals surface area (Å²) in [6.45, 7) is 0.0203. The zero-order chi connectivity index (χ0) is 16.2. The highest BCUT2D eigenvalue weighted by Crippen LogP contribution is 2.28. The number of rotatable bonds is 4. The molecule has 5 nitrogen and oxygen atoms in total. The first kappa shape index (κ1) is 15.0. The third-order valence-electron chi connectivity index (χ3n) is 3.45. The van der Waals surface area contributed by atoms with Crippen molar-refractivity contribution in [3.8, 4) is 5.75 Å². The lowest BCUT2D eigenvalue weighted by atomic mass is 10.1. The van der Waals surface area contributed by atoms with Crippen molar-refractivity contribution in [2.24, 2.45) is 0 Å². The molecule has 3 rings (SSSR count). The summed E-state index contributed by atoms with van der Waals surface area (Å²) in [6.07, 6.45) is 0.807. The van der Waals surface area contributed by atoms with E-state index in [1.54, 1.807) is 12.1 Å². The van der Waals surface area contributed by atoms with Gasteiger partial charge in [0.05, 0.1) is 5.69 Å². The molecule has 2 N–H and O–H groups in total. The summed E-state index contributed by atoms with van der Waals surface area (Å²) in [7, 11) is 0. The minimum absolute atomic E-state index is 0.0203. The van der Waals surface area contributed by atoms with Gasteiger partial charge >= 0.3 is 0 Å². The number of anilines is 2. The molecule has 0 bridgehead atoms. The van der Waals surface area contributed by atoms with E-state index >= 15 is 0 Å². The van der Waals surface area contributed by atoms with Crippen LogP contribution in [0.3, 0.4) is 0 Å². The number of benzene rings is 2. The van der Waals surface area contributed by atoms with Crippen LogP contribution in [0.5, 0.6) is 5.75 Å². The van der Waals surface area contributed by atoms with Crippen LogP contribution in [-0.4, -0.2) is 18.4 Å². The number of hydrogen-bond acceptors (Lipinski definition) is 3. The van der Waals surface area contributed by atoms with Crippen LogP contribution in [0.25, 0.3) is 0 Å². The Morgan fingerprint density at radius 3 is 2.78 bits per heavy atom. The van der Waals surface area contributed by atoms with E-state index in [1.807, 2.05) is 6.07 Å². The Hall–Kier alpha value is -2.89. The molecule has 2 amide bonds. The zero-order valence-corrected chi connectivity index (χ0v) is 12.3. The van der Waals surface area contributed by atoms with Crippen molar-refractivity contribution in [3.05, 3.63) is 53.8 Å². The maximum Gasteiger partial charge on any atom is 0.262 e. The molecular weight excluding hydrogens is 299 g/mol. The summed E-state index contributed by atoms with van der Waals surface area (Å²) in [5.74, 6) is -0.0660. The number of amides is 2. The van der Waals surface area contributed by atoms with Crippen molar-refractivity contribution in [2.75, 3.05) is 17.2 Å². The first-order valence-electron chi connectivity index (χ1n) is 7.21. The third-order valence-corrected chi connectivity index (χ3v) is 3.45. The van der Waals surface area contributed by atoms with Crippen LogP contribution in [0.2, 0.25) is 0 Å². The second-order valence-corrected chi connectivity index (χ2v) is 5.22. The second-order valence-electron chi connectivity index (χ2n) is 5.22. The van der Waals surface area contributed by atoms with Crippen LogP contribution in [0.15, 0.2) is 42.5 Å². The molecule has 0 atom stereocenters. The molecule has 2 aromatic carbocycles. The molecule has 0 aromatic heterocycles. The van der Waals surface area contributed by atoms with Crippen LogP contribution in [0.4, 0.5) is 15.8 Å². The van der Waals surface area contributed by atoms with Crippen molar-refractivity contribution in [3.63, 3.8) is 0 Å². The molecule has 118 valence electrons. The Balaban J connectivity index is 1.57. The topological polar surface area (TPSA) is 67.4 Å². The van der Waals surface area contributed by atoms with Gasteiger partial charge in [0.1, 0.15) is 11.6 Å². The van der Waals surface area contributed by atoms with Crippen molar-refractivity contribution in [2.45, 2.75) is 12.8 Å². The molecular formula is C17H15FN2O3. The predicted octanol–water partition coefficient (Wildman–Crippen LogP) is 2.73. The number of nitrogens with one attached hydrogen (secondary N) is 2. The summed E-state index contributed by atoms with van der Waals surface area (Å²) in [4.78, 5) is 23.2. The van der Waals surface area contributed by atoms with Gasteiger partial charge in [0.2, 0.25) is 5.91 Å². The highest BCUT2D eigenvalue weighted by Gasteiger charge is 2.16. The Morgan fingerprint density at radius 1 is 1.22 bits per heavy atom. The highest BCUT2D eigenvalue weighted by molar-refractivity contribution is 5.95. The van der Waals surface area contributed by atoms with Gasteiger partial charge in [0.25, 0.3) is 5.91 Å². The maximum absolute atomic E-state index is 12.8. The summed E-state index contributed by atoms with van der Waals surface area (Å²) >= 11 is 0. The number of hydrogen-bond donors (Lipinski definition) is 2. The van der Waals surface area contributed by atoms with Crippen LogP contribution in [-0.2, 0) is 16.0 Å². The Labute approximate surface area is 132 Å². The predicted molar refractivity (Wildman–Crippen MR) is 83.9 cm³/mol. The lowest BCUT2D eigenvalue weighted by molar-refractivity contribution is -0.118. The molecule has 1 aliphatic rings. The number of aryl methyl sites for hydroxylation is 1. The molecule has 0 unspecified atom stereocenters. The minimum atomic E-state index is -0.346. The average molecular weight is 314 g/mol. The van der Waals surface area contributed by atoms with Gasteiger partial charge in [-0.15, -0.1) is 0 Å². The first-order chi connectivity index (χ1) is 11.1.